The fraction of sp³-hybridized carbons (Fsp3) is 0.294. The van der Waals surface area contributed by atoms with Crippen LogP contribution in [-0.2, 0) is 0 Å². The molecule has 0 aliphatic rings. The Balaban J connectivity index is 2.12. The van der Waals surface area contributed by atoms with Gasteiger partial charge in [-0.25, -0.2) is 0 Å². The molecular formula is C17H21NOS. The molecule has 0 saturated carbocycles. The first-order chi connectivity index (χ1) is 9.74. The first-order valence-electron chi connectivity index (χ1n) is 6.85. The van der Waals surface area contributed by atoms with Crippen LogP contribution in [0.2, 0.25) is 0 Å². The number of ether oxygens (including phenoxy) is 1. The molecule has 0 saturated heterocycles. The first-order valence-corrected chi connectivity index (χ1v) is 7.73. The lowest BCUT2D eigenvalue weighted by atomic mass is 10.0. The van der Waals surface area contributed by atoms with Crippen LogP contribution in [0, 0.1) is 0 Å². The molecule has 20 heavy (non-hydrogen) atoms. The van der Waals surface area contributed by atoms with E-state index < -0.39 is 0 Å². The second-order valence-corrected chi connectivity index (χ2v) is 5.99. The van der Waals surface area contributed by atoms with Gasteiger partial charge in [0.05, 0.1) is 7.11 Å². The van der Waals surface area contributed by atoms with Crippen LogP contribution in [-0.4, -0.2) is 12.4 Å². The fourth-order valence-corrected chi connectivity index (χ4v) is 3.31. The van der Waals surface area contributed by atoms with Crippen LogP contribution in [0.25, 0.3) is 0 Å². The average molecular weight is 287 g/mol. The summed E-state index contributed by atoms with van der Waals surface area (Å²) in [7, 11) is 1.69. The summed E-state index contributed by atoms with van der Waals surface area (Å²) < 4.78 is 5.27. The van der Waals surface area contributed by atoms with Crippen molar-refractivity contribution in [2.24, 2.45) is 5.73 Å². The van der Waals surface area contributed by atoms with Gasteiger partial charge in [-0.05, 0) is 30.2 Å². The number of benzene rings is 2. The molecule has 3 heteroatoms. The molecule has 0 radical (unpaired) electrons. The largest absolute Gasteiger partial charge is 0.497 e. The Morgan fingerprint density at radius 2 is 1.85 bits per heavy atom. The molecule has 2 nitrogen and oxygen atoms in total. The van der Waals surface area contributed by atoms with Gasteiger partial charge in [-0.1, -0.05) is 43.3 Å². The van der Waals surface area contributed by atoms with Gasteiger partial charge < -0.3 is 10.5 Å². The van der Waals surface area contributed by atoms with Crippen LogP contribution in [0.4, 0.5) is 0 Å². The van der Waals surface area contributed by atoms with E-state index in [4.69, 9.17) is 10.5 Å². The van der Waals surface area contributed by atoms with Crippen molar-refractivity contribution in [1.82, 2.24) is 0 Å². The fourth-order valence-electron chi connectivity index (χ4n) is 2.15. The number of nitrogens with two attached hydrogens (primary N) is 1. The van der Waals surface area contributed by atoms with Gasteiger partial charge in [0.2, 0.25) is 0 Å². The normalized spacial score (nSPS) is 13.8. The summed E-state index contributed by atoms with van der Waals surface area (Å²) in [6.45, 7) is 2.18. The summed E-state index contributed by atoms with van der Waals surface area (Å²) in [6.07, 6.45) is 1.03. The Morgan fingerprint density at radius 3 is 2.50 bits per heavy atom. The van der Waals surface area contributed by atoms with Crippen molar-refractivity contribution < 1.29 is 4.74 Å². The van der Waals surface area contributed by atoms with Crippen LogP contribution in [0.3, 0.4) is 0 Å². The predicted molar refractivity (Wildman–Crippen MR) is 86.3 cm³/mol. The summed E-state index contributed by atoms with van der Waals surface area (Å²) >= 11 is 1.82. The zero-order valence-corrected chi connectivity index (χ0v) is 12.8. The molecule has 2 rings (SSSR count). The summed E-state index contributed by atoms with van der Waals surface area (Å²) in [6, 6.07) is 18.5. The number of hydrogen-bond donors (Lipinski definition) is 1. The molecule has 106 valence electrons. The van der Waals surface area contributed by atoms with Gasteiger partial charge in [0.25, 0.3) is 0 Å². The Hall–Kier alpha value is -1.45. The molecule has 2 aromatic rings. The van der Waals surface area contributed by atoms with Gasteiger partial charge in [-0.15, -0.1) is 11.8 Å². The Kier molecular flexibility index (Phi) is 5.50. The lowest BCUT2D eigenvalue weighted by Crippen LogP contribution is -2.23. The third-order valence-electron chi connectivity index (χ3n) is 3.32. The smallest absolute Gasteiger partial charge is 0.119 e. The van der Waals surface area contributed by atoms with E-state index in [9.17, 15) is 0 Å². The van der Waals surface area contributed by atoms with Crippen molar-refractivity contribution in [3.05, 3.63) is 60.2 Å². The maximum atomic E-state index is 6.42. The van der Waals surface area contributed by atoms with E-state index >= 15 is 0 Å². The van der Waals surface area contributed by atoms with E-state index in [0.717, 1.165) is 12.2 Å². The minimum absolute atomic E-state index is 0.0393. The van der Waals surface area contributed by atoms with E-state index in [1.54, 1.807) is 7.11 Å². The Labute approximate surface area is 125 Å². The minimum atomic E-state index is 0.0393. The Bertz CT molecular complexity index is 530. The second kappa shape index (κ2) is 7.36. The molecule has 0 aliphatic carbocycles. The third-order valence-corrected chi connectivity index (χ3v) is 4.77. The molecule has 0 aliphatic heterocycles. The maximum Gasteiger partial charge on any atom is 0.119 e. The predicted octanol–water partition coefficient (Wildman–Crippen LogP) is 4.27. The highest BCUT2D eigenvalue weighted by atomic mass is 32.2. The standard InChI is InChI=1S/C17H21NOS/c1-3-16(17(18)13-8-5-4-6-9-13)20-15-11-7-10-14(12-15)19-2/h4-12,16-17H,3,18H2,1-2H3. The van der Waals surface area contributed by atoms with E-state index in [0.29, 0.717) is 5.25 Å². The van der Waals surface area contributed by atoms with Gasteiger partial charge in [-0.2, -0.15) is 0 Å². The van der Waals surface area contributed by atoms with Crippen molar-refractivity contribution in [3.63, 3.8) is 0 Å². The SMILES string of the molecule is CCC(Sc1cccc(OC)c1)C(N)c1ccccc1. The van der Waals surface area contributed by atoms with Crippen molar-refractivity contribution in [1.29, 1.82) is 0 Å². The minimum Gasteiger partial charge on any atom is -0.497 e. The average Bonchev–Trinajstić information content (AvgIpc) is 2.53. The molecule has 0 heterocycles. The number of hydrogen-bond acceptors (Lipinski definition) is 3. The van der Waals surface area contributed by atoms with E-state index in [1.165, 1.54) is 10.5 Å². The number of thioether (sulfide) groups is 1. The molecule has 2 atom stereocenters. The van der Waals surface area contributed by atoms with Crippen LogP contribution < -0.4 is 10.5 Å². The summed E-state index contributed by atoms with van der Waals surface area (Å²) in [5, 5.41) is 0.351. The Morgan fingerprint density at radius 1 is 1.10 bits per heavy atom. The highest BCUT2D eigenvalue weighted by molar-refractivity contribution is 8.00. The van der Waals surface area contributed by atoms with Gasteiger partial charge >= 0.3 is 0 Å². The molecule has 0 amide bonds. The molecule has 2 N–H and O–H groups in total. The van der Waals surface area contributed by atoms with Crippen LogP contribution in [0.15, 0.2) is 59.5 Å². The lowest BCUT2D eigenvalue weighted by molar-refractivity contribution is 0.413. The number of rotatable bonds is 6. The molecule has 0 spiro atoms. The second-order valence-electron chi connectivity index (χ2n) is 4.68. The van der Waals surface area contributed by atoms with Crippen LogP contribution in [0.5, 0.6) is 5.75 Å². The van der Waals surface area contributed by atoms with E-state index in [-0.39, 0.29) is 6.04 Å². The van der Waals surface area contributed by atoms with Gasteiger partial charge in [-0.3, -0.25) is 0 Å². The highest BCUT2D eigenvalue weighted by Crippen LogP contribution is 2.34. The van der Waals surface area contributed by atoms with Crippen molar-refractivity contribution in [2.45, 2.75) is 29.5 Å². The van der Waals surface area contributed by atoms with Crippen molar-refractivity contribution in [2.75, 3.05) is 7.11 Å². The van der Waals surface area contributed by atoms with E-state index in [1.807, 2.05) is 42.1 Å². The molecule has 2 unspecified atom stereocenters. The first kappa shape index (κ1) is 14.9. The van der Waals surface area contributed by atoms with Gasteiger partial charge in [0, 0.05) is 16.2 Å². The summed E-state index contributed by atoms with van der Waals surface area (Å²) in [4.78, 5) is 1.20. The van der Waals surface area contributed by atoms with E-state index in [2.05, 4.69) is 31.2 Å². The van der Waals surface area contributed by atoms with Gasteiger partial charge in [0.1, 0.15) is 5.75 Å². The van der Waals surface area contributed by atoms with Crippen LogP contribution in [0.1, 0.15) is 24.9 Å². The van der Waals surface area contributed by atoms with Crippen molar-refractivity contribution >= 4 is 11.8 Å². The number of methoxy groups -OCH3 is 1. The van der Waals surface area contributed by atoms with Crippen LogP contribution >= 0.6 is 11.8 Å². The molecule has 0 aromatic heterocycles. The zero-order valence-electron chi connectivity index (χ0n) is 12.0. The summed E-state index contributed by atoms with van der Waals surface area (Å²) in [5.41, 5.74) is 7.61. The maximum absolute atomic E-state index is 6.42. The molecule has 2 aromatic carbocycles. The highest BCUT2D eigenvalue weighted by Gasteiger charge is 2.19. The molecule has 0 fully saturated rings. The topological polar surface area (TPSA) is 35.2 Å². The quantitative estimate of drug-likeness (QED) is 0.806. The zero-order chi connectivity index (χ0) is 14.4. The monoisotopic (exact) mass is 287 g/mol. The third kappa shape index (κ3) is 3.78. The molecular weight excluding hydrogens is 266 g/mol. The molecule has 0 bridgehead atoms. The van der Waals surface area contributed by atoms with Gasteiger partial charge in [0.15, 0.2) is 0 Å². The van der Waals surface area contributed by atoms with Crippen molar-refractivity contribution in [3.8, 4) is 5.75 Å². The summed E-state index contributed by atoms with van der Waals surface area (Å²) in [5.74, 6) is 0.887. The lowest BCUT2D eigenvalue weighted by Gasteiger charge is -2.22.